The molecule has 0 saturated carbocycles. The summed E-state index contributed by atoms with van der Waals surface area (Å²) in [5, 5.41) is 5.45. The molecule has 92 valence electrons. The first-order valence-corrected chi connectivity index (χ1v) is 7.08. The summed E-state index contributed by atoms with van der Waals surface area (Å²) >= 11 is 5.35. The smallest absolute Gasteiger partial charge is 0.0331 e. The van der Waals surface area contributed by atoms with E-state index in [2.05, 4.69) is 37.6 Å². The average Bonchev–Trinajstić information content (AvgIpc) is 2.78. The fourth-order valence-electron chi connectivity index (χ4n) is 2.21. The van der Waals surface area contributed by atoms with Gasteiger partial charge >= 0.3 is 0 Å². The van der Waals surface area contributed by atoms with Gasteiger partial charge in [0.05, 0.1) is 0 Å². The van der Waals surface area contributed by atoms with Crippen LogP contribution in [-0.4, -0.2) is 31.1 Å². The Hall–Kier alpha value is 0.390. The maximum Gasteiger partial charge on any atom is 0.0331 e. The minimum absolute atomic E-state index is 0. The van der Waals surface area contributed by atoms with Gasteiger partial charge < -0.3 is 5.32 Å². The Morgan fingerprint density at radius 2 is 2.44 bits per heavy atom. The molecule has 1 fully saturated rings. The van der Waals surface area contributed by atoms with Crippen molar-refractivity contribution in [3.05, 3.63) is 20.8 Å². The minimum atomic E-state index is 0. The van der Waals surface area contributed by atoms with E-state index in [9.17, 15) is 0 Å². The van der Waals surface area contributed by atoms with Crippen LogP contribution in [0.1, 0.15) is 17.7 Å². The van der Waals surface area contributed by atoms with Crippen LogP contribution in [-0.2, 0) is 6.54 Å². The Kier molecular flexibility index (Phi) is 6.29. The van der Waals surface area contributed by atoms with Crippen LogP contribution < -0.4 is 5.32 Å². The zero-order valence-electron chi connectivity index (χ0n) is 9.41. The largest absolute Gasteiger partial charge is 0.318 e. The molecular formula is C11H18BrClN2S. The van der Waals surface area contributed by atoms with E-state index < -0.39 is 0 Å². The number of nitrogens with one attached hydrogen (secondary N) is 1. The Morgan fingerprint density at radius 1 is 1.62 bits per heavy atom. The molecule has 0 radical (unpaired) electrons. The summed E-state index contributed by atoms with van der Waals surface area (Å²) in [4.78, 5) is 4.05. The highest BCUT2D eigenvalue weighted by molar-refractivity contribution is 9.10. The van der Waals surface area contributed by atoms with Crippen LogP contribution in [0.4, 0.5) is 0 Å². The van der Waals surface area contributed by atoms with Crippen LogP contribution >= 0.6 is 39.7 Å². The Bertz CT molecular complexity index is 319. The minimum Gasteiger partial charge on any atom is -0.318 e. The van der Waals surface area contributed by atoms with Crippen molar-refractivity contribution in [3.8, 4) is 0 Å². The summed E-state index contributed by atoms with van der Waals surface area (Å²) < 4.78 is 1.21. The van der Waals surface area contributed by atoms with Crippen molar-refractivity contribution in [2.45, 2.75) is 25.4 Å². The third kappa shape index (κ3) is 3.70. The van der Waals surface area contributed by atoms with Gasteiger partial charge in [-0.25, -0.2) is 0 Å². The summed E-state index contributed by atoms with van der Waals surface area (Å²) in [5.74, 6) is 0. The van der Waals surface area contributed by atoms with Crippen LogP contribution in [0.5, 0.6) is 0 Å². The molecule has 1 aliphatic rings. The van der Waals surface area contributed by atoms with Gasteiger partial charge in [-0.3, -0.25) is 4.90 Å². The monoisotopic (exact) mass is 324 g/mol. The van der Waals surface area contributed by atoms with Gasteiger partial charge in [0.1, 0.15) is 0 Å². The lowest BCUT2D eigenvalue weighted by Gasteiger charge is -2.23. The topological polar surface area (TPSA) is 15.3 Å². The number of likely N-dealkylation sites (tertiary alicyclic amines) is 1. The van der Waals surface area contributed by atoms with Crippen LogP contribution in [0, 0.1) is 0 Å². The predicted molar refractivity (Wildman–Crippen MR) is 76.6 cm³/mol. The molecule has 0 bridgehead atoms. The van der Waals surface area contributed by atoms with Gasteiger partial charge in [0.2, 0.25) is 0 Å². The highest BCUT2D eigenvalue weighted by Crippen LogP contribution is 2.25. The summed E-state index contributed by atoms with van der Waals surface area (Å²) in [5.41, 5.74) is 0. The SMILES string of the molecule is CNCC1CCCN1Cc1cc(Br)cs1.Cl. The van der Waals surface area contributed by atoms with Crippen LogP contribution in [0.3, 0.4) is 0 Å². The average molecular weight is 326 g/mol. The normalized spacial score (nSPS) is 21.0. The van der Waals surface area contributed by atoms with Crippen LogP contribution in [0.25, 0.3) is 0 Å². The van der Waals surface area contributed by atoms with Crippen molar-refractivity contribution in [2.75, 3.05) is 20.1 Å². The van der Waals surface area contributed by atoms with E-state index in [0.717, 1.165) is 19.1 Å². The van der Waals surface area contributed by atoms with Crippen molar-refractivity contribution < 1.29 is 0 Å². The van der Waals surface area contributed by atoms with Crippen molar-refractivity contribution in [1.82, 2.24) is 10.2 Å². The van der Waals surface area contributed by atoms with Crippen LogP contribution in [0.15, 0.2) is 15.9 Å². The summed E-state index contributed by atoms with van der Waals surface area (Å²) in [6.45, 7) is 3.48. The highest BCUT2D eigenvalue weighted by atomic mass is 79.9. The maximum absolute atomic E-state index is 3.51. The molecule has 1 aromatic rings. The molecule has 1 atom stereocenters. The van der Waals surface area contributed by atoms with Crippen molar-refractivity contribution in [1.29, 1.82) is 0 Å². The summed E-state index contributed by atoms with van der Waals surface area (Å²) in [6.07, 6.45) is 2.69. The summed E-state index contributed by atoms with van der Waals surface area (Å²) in [6, 6.07) is 2.97. The van der Waals surface area contributed by atoms with Gasteiger partial charge in [0.25, 0.3) is 0 Å². The molecule has 1 N–H and O–H groups in total. The van der Waals surface area contributed by atoms with E-state index in [0.29, 0.717) is 0 Å². The maximum atomic E-state index is 3.51. The molecule has 2 heterocycles. The van der Waals surface area contributed by atoms with Crippen LogP contribution in [0.2, 0.25) is 0 Å². The lowest BCUT2D eigenvalue weighted by Crippen LogP contribution is -2.36. The number of rotatable bonds is 4. The summed E-state index contributed by atoms with van der Waals surface area (Å²) in [7, 11) is 2.04. The first-order chi connectivity index (χ1) is 7.29. The zero-order valence-corrected chi connectivity index (χ0v) is 12.6. The van der Waals surface area contributed by atoms with Crippen molar-refractivity contribution in [2.24, 2.45) is 0 Å². The van der Waals surface area contributed by atoms with Gasteiger partial charge in [-0.05, 0) is 48.4 Å². The fourth-order valence-corrected chi connectivity index (χ4v) is 3.68. The fraction of sp³-hybridized carbons (Fsp3) is 0.636. The molecule has 16 heavy (non-hydrogen) atoms. The molecule has 5 heteroatoms. The van der Waals surface area contributed by atoms with Gasteiger partial charge in [-0.15, -0.1) is 23.7 Å². The molecule has 2 nitrogen and oxygen atoms in total. The highest BCUT2D eigenvalue weighted by Gasteiger charge is 2.23. The number of hydrogen-bond donors (Lipinski definition) is 1. The molecule has 1 saturated heterocycles. The van der Waals surface area contributed by atoms with E-state index in [4.69, 9.17) is 0 Å². The third-order valence-electron chi connectivity index (χ3n) is 2.92. The standard InChI is InChI=1S/C11H17BrN2S.ClH/c1-13-6-10-3-2-4-14(10)7-11-5-9(12)8-15-11;/h5,8,10,13H,2-4,6-7H2,1H3;1H. The number of thiophene rings is 1. The van der Waals surface area contributed by atoms with E-state index in [-0.39, 0.29) is 12.4 Å². The second kappa shape index (κ2) is 6.97. The Morgan fingerprint density at radius 3 is 3.06 bits per heavy atom. The third-order valence-corrected chi connectivity index (χ3v) is 4.60. The molecular weight excluding hydrogens is 308 g/mol. The molecule has 0 aromatic carbocycles. The number of hydrogen-bond acceptors (Lipinski definition) is 3. The zero-order chi connectivity index (χ0) is 10.7. The van der Waals surface area contributed by atoms with Gasteiger partial charge in [0, 0.05) is 33.9 Å². The van der Waals surface area contributed by atoms with E-state index in [1.165, 1.54) is 28.7 Å². The lowest BCUT2D eigenvalue weighted by atomic mass is 10.2. The molecule has 0 aliphatic carbocycles. The predicted octanol–water partition coefficient (Wildman–Crippen LogP) is 3.12. The van der Waals surface area contributed by atoms with Gasteiger partial charge in [-0.2, -0.15) is 0 Å². The second-order valence-corrected chi connectivity index (χ2v) is 5.97. The van der Waals surface area contributed by atoms with Crippen molar-refractivity contribution >= 4 is 39.7 Å². The number of nitrogens with zero attached hydrogens (tertiary/aromatic N) is 1. The Labute approximate surface area is 116 Å². The number of likely N-dealkylation sites (N-methyl/N-ethyl adjacent to an activating group) is 1. The molecule has 2 rings (SSSR count). The molecule has 0 spiro atoms. The van der Waals surface area contributed by atoms with E-state index >= 15 is 0 Å². The first-order valence-electron chi connectivity index (χ1n) is 5.41. The molecule has 1 aliphatic heterocycles. The molecule has 1 unspecified atom stereocenters. The second-order valence-electron chi connectivity index (χ2n) is 4.06. The Balaban J connectivity index is 0.00000128. The van der Waals surface area contributed by atoms with E-state index in [1.807, 2.05) is 18.4 Å². The molecule has 0 amide bonds. The quantitative estimate of drug-likeness (QED) is 0.915. The van der Waals surface area contributed by atoms with Gasteiger partial charge in [0.15, 0.2) is 0 Å². The number of halogens is 2. The lowest BCUT2D eigenvalue weighted by molar-refractivity contribution is 0.244. The van der Waals surface area contributed by atoms with E-state index in [1.54, 1.807) is 0 Å². The first kappa shape index (κ1) is 14.5. The van der Waals surface area contributed by atoms with Crippen molar-refractivity contribution in [3.63, 3.8) is 0 Å². The molecule has 1 aromatic heterocycles. The van der Waals surface area contributed by atoms with Gasteiger partial charge in [-0.1, -0.05) is 0 Å².